The van der Waals surface area contributed by atoms with Crippen molar-refractivity contribution in [2.45, 2.75) is 25.9 Å². The van der Waals surface area contributed by atoms with Crippen molar-refractivity contribution < 1.29 is 13.2 Å². The first-order valence-corrected chi connectivity index (χ1v) is 6.06. The summed E-state index contributed by atoms with van der Waals surface area (Å²) >= 11 is 5.89. The summed E-state index contributed by atoms with van der Waals surface area (Å²) in [5, 5.41) is -0.0508. The highest BCUT2D eigenvalue weighted by atomic mass is 35.5. The fraction of sp³-hybridized carbons (Fsp3) is 0.333. The van der Waals surface area contributed by atoms with E-state index in [4.69, 9.17) is 11.6 Å². The summed E-state index contributed by atoms with van der Waals surface area (Å²) in [6, 6.07) is 0.875. The first-order chi connectivity index (χ1) is 8.93. The number of alkyl halides is 3. The van der Waals surface area contributed by atoms with Crippen molar-refractivity contribution in [3.63, 3.8) is 0 Å². The third-order valence-corrected chi connectivity index (χ3v) is 2.85. The summed E-state index contributed by atoms with van der Waals surface area (Å²) in [7, 11) is 0. The van der Waals surface area contributed by atoms with Crippen LogP contribution in [0.5, 0.6) is 0 Å². The van der Waals surface area contributed by atoms with Crippen molar-refractivity contribution >= 4 is 11.6 Å². The highest BCUT2D eigenvalue weighted by Gasteiger charge is 2.31. The molecular formula is C12H11ClF3N3. The van der Waals surface area contributed by atoms with E-state index in [0.717, 1.165) is 24.5 Å². The molecule has 2 rings (SSSR count). The van der Waals surface area contributed by atoms with E-state index in [1.165, 1.54) is 0 Å². The van der Waals surface area contributed by atoms with Gasteiger partial charge in [-0.15, -0.1) is 0 Å². The zero-order valence-electron chi connectivity index (χ0n) is 10.1. The molecule has 2 aromatic rings. The molecule has 0 N–H and O–H groups in total. The largest absolute Gasteiger partial charge is 0.417 e. The molecule has 0 unspecified atom stereocenters. The molecule has 0 aromatic carbocycles. The standard InChI is InChI=1S/C12H11ClF3N3/c1-2-3-10-17-4-5-19(10)11-9(13)6-8(7-18-11)12(14,15)16/h4-7H,2-3H2,1H3. The van der Waals surface area contributed by atoms with E-state index in [9.17, 15) is 13.2 Å². The van der Waals surface area contributed by atoms with Gasteiger partial charge in [-0.2, -0.15) is 13.2 Å². The monoisotopic (exact) mass is 289 g/mol. The van der Waals surface area contributed by atoms with Crippen LogP contribution in [0.4, 0.5) is 13.2 Å². The number of hydrogen-bond acceptors (Lipinski definition) is 2. The molecule has 2 aromatic heterocycles. The van der Waals surface area contributed by atoms with Crippen molar-refractivity contribution in [1.82, 2.24) is 14.5 Å². The molecule has 0 saturated carbocycles. The normalized spacial score (nSPS) is 11.8. The molecule has 0 spiro atoms. The second-order valence-electron chi connectivity index (χ2n) is 3.99. The topological polar surface area (TPSA) is 30.7 Å². The van der Waals surface area contributed by atoms with Gasteiger partial charge in [-0.3, -0.25) is 4.57 Å². The van der Waals surface area contributed by atoms with Crippen molar-refractivity contribution in [2.24, 2.45) is 0 Å². The molecule has 0 aliphatic heterocycles. The minimum Gasteiger partial charge on any atom is -0.287 e. The van der Waals surface area contributed by atoms with E-state index in [2.05, 4.69) is 9.97 Å². The van der Waals surface area contributed by atoms with Gasteiger partial charge in [-0.05, 0) is 12.5 Å². The maximum absolute atomic E-state index is 12.5. The molecule has 19 heavy (non-hydrogen) atoms. The molecule has 102 valence electrons. The SMILES string of the molecule is CCCc1nccn1-c1ncc(C(F)(F)F)cc1Cl. The molecule has 0 aliphatic rings. The third kappa shape index (κ3) is 2.89. The van der Waals surface area contributed by atoms with Gasteiger partial charge in [0.05, 0.1) is 10.6 Å². The van der Waals surface area contributed by atoms with Gasteiger partial charge in [0.1, 0.15) is 5.82 Å². The molecule has 0 fully saturated rings. The minimum atomic E-state index is -4.45. The zero-order valence-corrected chi connectivity index (χ0v) is 10.8. The lowest BCUT2D eigenvalue weighted by atomic mass is 10.2. The summed E-state index contributed by atoms with van der Waals surface area (Å²) in [5.74, 6) is 0.979. The van der Waals surface area contributed by atoms with Crippen LogP contribution in [0, 0.1) is 0 Å². The molecule has 0 bridgehead atoms. The van der Waals surface area contributed by atoms with Crippen LogP contribution in [0.15, 0.2) is 24.7 Å². The number of imidazole rings is 1. The maximum atomic E-state index is 12.5. The van der Waals surface area contributed by atoms with E-state index in [1.807, 2.05) is 6.92 Å². The smallest absolute Gasteiger partial charge is 0.287 e. The van der Waals surface area contributed by atoms with Gasteiger partial charge in [0, 0.05) is 25.0 Å². The van der Waals surface area contributed by atoms with Crippen LogP contribution in [-0.4, -0.2) is 14.5 Å². The molecule has 2 heterocycles. The number of hydrogen-bond donors (Lipinski definition) is 0. The molecule has 0 radical (unpaired) electrons. The molecule has 0 atom stereocenters. The van der Waals surface area contributed by atoms with Gasteiger partial charge in [0.25, 0.3) is 0 Å². The quantitative estimate of drug-likeness (QED) is 0.858. The van der Waals surface area contributed by atoms with Crippen molar-refractivity contribution in [1.29, 1.82) is 0 Å². The fourth-order valence-electron chi connectivity index (χ4n) is 1.70. The average molecular weight is 290 g/mol. The van der Waals surface area contributed by atoms with E-state index >= 15 is 0 Å². The van der Waals surface area contributed by atoms with Gasteiger partial charge < -0.3 is 0 Å². The van der Waals surface area contributed by atoms with Crippen LogP contribution < -0.4 is 0 Å². The van der Waals surface area contributed by atoms with E-state index in [-0.39, 0.29) is 10.8 Å². The maximum Gasteiger partial charge on any atom is 0.417 e. The molecule has 0 amide bonds. The van der Waals surface area contributed by atoms with Crippen molar-refractivity contribution in [3.8, 4) is 5.82 Å². The van der Waals surface area contributed by atoms with Crippen LogP contribution in [0.25, 0.3) is 5.82 Å². The first kappa shape index (κ1) is 13.9. The second kappa shape index (κ2) is 5.21. The Morgan fingerprint density at radius 2 is 2.05 bits per heavy atom. The number of rotatable bonds is 3. The lowest BCUT2D eigenvalue weighted by Crippen LogP contribution is -2.08. The van der Waals surface area contributed by atoms with Gasteiger partial charge >= 0.3 is 6.18 Å². The lowest BCUT2D eigenvalue weighted by molar-refractivity contribution is -0.137. The Bertz CT molecular complexity index is 578. The van der Waals surface area contributed by atoms with Crippen LogP contribution in [0.3, 0.4) is 0 Å². The molecule has 0 saturated heterocycles. The summed E-state index contributed by atoms with van der Waals surface area (Å²) in [6.45, 7) is 1.99. The van der Waals surface area contributed by atoms with E-state index in [1.54, 1.807) is 17.0 Å². The highest BCUT2D eigenvalue weighted by molar-refractivity contribution is 6.32. The number of nitrogens with zero attached hydrogens (tertiary/aromatic N) is 3. The molecule has 0 aliphatic carbocycles. The Labute approximate surface area is 113 Å². The Morgan fingerprint density at radius 1 is 1.32 bits per heavy atom. The van der Waals surface area contributed by atoms with Crippen LogP contribution in [0.2, 0.25) is 5.02 Å². The van der Waals surface area contributed by atoms with Crippen molar-refractivity contribution in [3.05, 3.63) is 41.1 Å². The van der Waals surface area contributed by atoms with Crippen LogP contribution in [0.1, 0.15) is 24.7 Å². The predicted octanol–water partition coefficient (Wildman–Crippen LogP) is 3.89. The number of aryl methyl sites for hydroxylation is 1. The highest BCUT2D eigenvalue weighted by Crippen LogP contribution is 2.32. The van der Waals surface area contributed by atoms with E-state index in [0.29, 0.717) is 6.42 Å². The Morgan fingerprint density at radius 3 is 2.63 bits per heavy atom. The zero-order chi connectivity index (χ0) is 14.0. The summed E-state index contributed by atoms with van der Waals surface area (Å²) in [5.41, 5.74) is -0.863. The van der Waals surface area contributed by atoms with E-state index < -0.39 is 11.7 Å². The number of aromatic nitrogens is 3. The van der Waals surface area contributed by atoms with Gasteiger partial charge in [0.15, 0.2) is 5.82 Å². The molecular weight excluding hydrogens is 279 g/mol. The summed E-state index contributed by atoms with van der Waals surface area (Å²) in [4.78, 5) is 7.94. The Kier molecular flexibility index (Phi) is 3.80. The fourth-order valence-corrected chi connectivity index (χ4v) is 1.96. The van der Waals surface area contributed by atoms with Gasteiger partial charge in [0.2, 0.25) is 0 Å². The second-order valence-corrected chi connectivity index (χ2v) is 4.40. The average Bonchev–Trinajstić information content (AvgIpc) is 2.76. The first-order valence-electron chi connectivity index (χ1n) is 5.68. The molecule has 7 heteroatoms. The Balaban J connectivity index is 2.44. The van der Waals surface area contributed by atoms with Gasteiger partial charge in [-0.1, -0.05) is 18.5 Å². The minimum absolute atomic E-state index is 0.0508. The summed E-state index contributed by atoms with van der Waals surface area (Å²) < 4.78 is 39.2. The van der Waals surface area contributed by atoms with Gasteiger partial charge in [-0.25, -0.2) is 9.97 Å². The number of pyridine rings is 1. The Hall–Kier alpha value is -1.56. The lowest BCUT2D eigenvalue weighted by Gasteiger charge is -2.11. The summed E-state index contributed by atoms with van der Waals surface area (Å²) in [6.07, 6.45) is 1.10. The van der Waals surface area contributed by atoms with Crippen LogP contribution >= 0.6 is 11.6 Å². The van der Waals surface area contributed by atoms with Crippen LogP contribution in [-0.2, 0) is 12.6 Å². The van der Waals surface area contributed by atoms with Crippen molar-refractivity contribution in [2.75, 3.05) is 0 Å². The predicted molar refractivity (Wildman–Crippen MR) is 65.4 cm³/mol. The molecule has 3 nitrogen and oxygen atoms in total. The number of halogens is 4. The third-order valence-electron chi connectivity index (χ3n) is 2.57.